The van der Waals surface area contributed by atoms with Gasteiger partial charge in [0.05, 0.1) is 5.75 Å². The summed E-state index contributed by atoms with van der Waals surface area (Å²) < 4.78 is 20.7. The van der Waals surface area contributed by atoms with Crippen molar-refractivity contribution < 1.29 is 8.42 Å². The largest absolute Gasteiger partial charge is 0.232 e. The molecule has 0 N–H and O–H groups in total. The van der Waals surface area contributed by atoms with Gasteiger partial charge in [-0.15, -0.1) is 0 Å². The summed E-state index contributed by atoms with van der Waals surface area (Å²) in [4.78, 5) is 0. The molecule has 0 bridgehead atoms. The summed E-state index contributed by atoms with van der Waals surface area (Å²) in [7, 11) is 1.72. The van der Waals surface area contributed by atoms with Crippen LogP contribution in [0.5, 0.6) is 0 Å². The van der Waals surface area contributed by atoms with Gasteiger partial charge in [-0.3, -0.25) is 0 Å². The lowest BCUT2D eigenvalue weighted by atomic mass is 10.2. The minimum atomic E-state index is -3.26. The van der Waals surface area contributed by atoms with Gasteiger partial charge < -0.3 is 0 Å². The number of rotatable bonds is 3. The highest BCUT2D eigenvalue weighted by Crippen LogP contribution is 2.07. The number of halogens is 1. The summed E-state index contributed by atoms with van der Waals surface area (Å²) in [5.41, 5.74) is 0. The molecule has 0 fully saturated rings. The lowest BCUT2D eigenvalue weighted by molar-refractivity contribution is 0.576. The zero-order chi connectivity index (χ0) is 7.49. The number of hydrogen-bond donors (Lipinski definition) is 0. The molecule has 0 saturated heterocycles. The molecule has 0 rings (SSSR count). The Labute approximate surface area is 60.6 Å². The third-order valence-electron chi connectivity index (χ3n) is 1.18. The highest BCUT2D eigenvalue weighted by atomic mass is 35.7. The SMILES string of the molecule is CCC(C)CS(=O)(=O)Cl. The van der Waals surface area contributed by atoms with Crippen LogP contribution in [0.1, 0.15) is 20.3 Å². The van der Waals surface area contributed by atoms with E-state index in [9.17, 15) is 8.42 Å². The van der Waals surface area contributed by atoms with Gasteiger partial charge in [0.2, 0.25) is 9.05 Å². The lowest BCUT2D eigenvalue weighted by Gasteiger charge is -2.02. The van der Waals surface area contributed by atoms with Gasteiger partial charge in [0.25, 0.3) is 0 Å². The van der Waals surface area contributed by atoms with E-state index < -0.39 is 9.05 Å². The van der Waals surface area contributed by atoms with Crippen molar-refractivity contribution in [1.29, 1.82) is 0 Å². The second-order valence-electron chi connectivity index (χ2n) is 2.22. The van der Waals surface area contributed by atoms with E-state index >= 15 is 0 Å². The maximum absolute atomic E-state index is 10.4. The fraction of sp³-hybridized carbons (Fsp3) is 1.00. The highest BCUT2D eigenvalue weighted by molar-refractivity contribution is 8.13. The van der Waals surface area contributed by atoms with Crippen LogP contribution in [-0.2, 0) is 9.05 Å². The van der Waals surface area contributed by atoms with Crippen LogP contribution in [0.2, 0.25) is 0 Å². The zero-order valence-corrected chi connectivity index (χ0v) is 7.17. The maximum Gasteiger partial charge on any atom is 0.232 e. The molecule has 0 heterocycles. The Kier molecular flexibility index (Phi) is 3.51. The summed E-state index contributed by atoms with van der Waals surface area (Å²) in [6.45, 7) is 3.80. The van der Waals surface area contributed by atoms with E-state index in [0.717, 1.165) is 6.42 Å². The number of hydrogen-bond acceptors (Lipinski definition) is 2. The monoisotopic (exact) mass is 170 g/mol. The van der Waals surface area contributed by atoms with Crippen molar-refractivity contribution in [2.24, 2.45) is 5.92 Å². The summed E-state index contributed by atoms with van der Waals surface area (Å²) in [6.07, 6.45) is 0.853. The van der Waals surface area contributed by atoms with Crippen LogP contribution in [0, 0.1) is 5.92 Å². The van der Waals surface area contributed by atoms with Crippen molar-refractivity contribution in [3.63, 3.8) is 0 Å². The normalized spacial score (nSPS) is 15.4. The molecule has 0 spiro atoms. The van der Waals surface area contributed by atoms with Crippen molar-refractivity contribution in [2.45, 2.75) is 20.3 Å². The fourth-order valence-corrected chi connectivity index (χ4v) is 2.02. The molecule has 4 heteroatoms. The average molecular weight is 171 g/mol. The first-order valence-corrected chi connectivity index (χ1v) is 5.36. The van der Waals surface area contributed by atoms with Crippen LogP contribution in [0.15, 0.2) is 0 Å². The predicted octanol–water partition coefficient (Wildman–Crippen LogP) is 1.60. The van der Waals surface area contributed by atoms with E-state index in [-0.39, 0.29) is 11.7 Å². The first-order chi connectivity index (χ1) is 3.95. The maximum atomic E-state index is 10.4. The van der Waals surface area contributed by atoms with E-state index in [1.807, 2.05) is 13.8 Å². The molecular weight excluding hydrogens is 160 g/mol. The molecule has 0 aliphatic carbocycles. The van der Waals surface area contributed by atoms with Gasteiger partial charge in [0.15, 0.2) is 0 Å². The van der Waals surface area contributed by atoms with Gasteiger partial charge in [-0.25, -0.2) is 8.42 Å². The summed E-state index contributed by atoms with van der Waals surface area (Å²) >= 11 is 0. The minimum Gasteiger partial charge on any atom is -0.212 e. The van der Waals surface area contributed by atoms with Crippen molar-refractivity contribution in [3.05, 3.63) is 0 Å². The van der Waals surface area contributed by atoms with Crippen molar-refractivity contribution in [2.75, 3.05) is 5.75 Å². The van der Waals surface area contributed by atoms with Crippen LogP contribution in [0.4, 0.5) is 0 Å². The standard InChI is InChI=1S/C5H11ClO2S/c1-3-5(2)4-9(6,7)8/h5H,3-4H2,1-2H3. The van der Waals surface area contributed by atoms with E-state index in [1.54, 1.807) is 0 Å². The Hall–Kier alpha value is 0.240. The molecule has 0 aromatic carbocycles. The van der Waals surface area contributed by atoms with E-state index in [2.05, 4.69) is 0 Å². The molecule has 1 atom stereocenters. The third kappa shape index (κ3) is 6.12. The van der Waals surface area contributed by atoms with Crippen LogP contribution < -0.4 is 0 Å². The first kappa shape index (κ1) is 9.24. The molecule has 0 radical (unpaired) electrons. The van der Waals surface area contributed by atoms with Crippen molar-refractivity contribution >= 4 is 19.7 Å². The quantitative estimate of drug-likeness (QED) is 0.603. The first-order valence-electron chi connectivity index (χ1n) is 2.88. The zero-order valence-electron chi connectivity index (χ0n) is 5.59. The summed E-state index contributed by atoms with van der Waals surface area (Å²) in [6, 6.07) is 0. The third-order valence-corrected chi connectivity index (χ3v) is 2.53. The Bertz CT molecular complexity index is 162. The lowest BCUT2D eigenvalue weighted by Crippen LogP contribution is -2.06. The van der Waals surface area contributed by atoms with E-state index in [1.165, 1.54) is 0 Å². The highest BCUT2D eigenvalue weighted by Gasteiger charge is 2.09. The molecule has 0 amide bonds. The predicted molar refractivity (Wildman–Crippen MR) is 39.1 cm³/mol. The van der Waals surface area contributed by atoms with Gasteiger partial charge in [-0.05, 0) is 5.92 Å². The molecule has 0 aromatic heterocycles. The van der Waals surface area contributed by atoms with E-state index in [4.69, 9.17) is 10.7 Å². The molecular formula is C5H11ClO2S. The topological polar surface area (TPSA) is 34.1 Å². The minimum absolute atomic E-state index is 0.0883. The van der Waals surface area contributed by atoms with Gasteiger partial charge in [-0.1, -0.05) is 20.3 Å². The second kappa shape index (κ2) is 3.42. The van der Waals surface area contributed by atoms with Crippen LogP contribution in [0.3, 0.4) is 0 Å². The molecule has 0 saturated carbocycles. The Morgan fingerprint density at radius 1 is 1.56 bits per heavy atom. The summed E-state index contributed by atoms with van der Waals surface area (Å²) in [5.74, 6) is 0.262. The van der Waals surface area contributed by atoms with Crippen molar-refractivity contribution in [3.8, 4) is 0 Å². The summed E-state index contributed by atoms with van der Waals surface area (Å²) in [5, 5.41) is 0. The second-order valence-corrected chi connectivity index (χ2v) is 5.04. The smallest absolute Gasteiger partial charge is 0.212 e. The van der Waals surface area contributed by atoms with Crippen LogP contribution in [-0.4, -0.2) is 14.2 Å². The fourth-order valence-electron chi connectivity index (χ4n) is 0.458. The molecule has 9 heavy (non-hydrogen) atoms. The Balaban J connectivity index is 3.75. The molecule has 1 unspecified atom stereocenters. The van der Waals surface area contributed by atoms with Gasteiger partial charge in [0.1, 0.15) is 0 Å². The van der Waals surface area contributed by atoms with Gasteiger partial charge in [0, 0.05) is 10.7 Å². The molecule has 0 aromatic rings. The Morgan fingerprint density at radius 2 is 2.00 bits per heavy atom. The molecule has 0 aliphatic rings. The van der Waals surface area contributed by atoms with Gasteiger partial charge >= 0.3 is 0 Å². The van der Waals surface area contributed by atoms with Crippen LogP contribution >= 0.6 is 10.7 Å². The average Bonchev–Trinajstić information content (AvgIpc) is 1.62. The van der Waals surface area contributed by atoms with Gasteiger partial charge in [-0.2, -0.15) is 0 Å². The van der Waals surface area contributed by atoms with Crippen LogP contribution in [0.25, 0.3) is 0 Å². The Morgan fingerprint density at radius 3 is 2.11 bits per heavy atom. The van der Waals surface area contributed by atoms with E-state index in [0.29, 0.717) is 0 Å². The molecule has 56 valence electrons. The molecule has 2 nitrogen and oxygen atoms in total. The van der Waals surface area contributed by atoms with Crippen molar-refractivity contribution in [1.82, 2.24) is 0 Å². The molecule has 0 aliphatic heterocycles.